The number of benzene rings is 2. The summed E-state index contributed by atoms with van der Waals surface area (Å²) >= 11 is 5.82. The first-order valence-corrected chi connectivity index (χ1v) is 9.86. The third kappa shape index (κ3) is 3.49. The van der Waals surface area contributed by atoms with Gasteiger partial charge in [-0.05, 0) is 55.5 Å². The molecule has 0 aliphatic carbocycles. The van der Waals surface area contributed by atoms with E-state index < -0.39 is 10.0 Å². The Balaban J connectivity index is 1.67. The van der Waals surface area contributed by atoms with Gasteiger partial charge >= 0.3 is 0 Å². The summed E-state index contributed by atoms with van der Waals surface area (Å²) in [4.78, 5) is 0.136. The van der Waals surface area contributed by atoms with E-state index in [0.29, 0.717) is 27.9 Å². The number of fused-ring (bicyclic) bond motifs is 1. The highest BCUT2D eigenvalue weighted by Crippen LogP contribution is 2.24. The van der Waals surface area contributed by atoms with Gasteiger partial charge in [-0.15, -0.1) is 10.2 Å². The maximum Gasteiger partial charge on any atom is 0.261 e. The molecule has 2 aromatic carbocycles. The monoisotopic (exact) mass is 399 g/mol. The van der Waals surface area contributed by atoms with Crippen LogP contribution in [0.25, 0.3) is 16.9 Å². The molecule has 0 unspecified atom stereocenters. The first-order valence-electron chi connectivity index (χ1n) is 8.00. The highest BCUT2D eigenvalue weighted by atomic mass is 35.5. The molecule has 9 heteroatoms. The van der Waals surface area contributed by atoms with Crippen LogP contribution < -0.4 is 4.72 Å². The molecular weight excluding hydrogens is 386 g/mol. The van der Waals surface area contributed by atoms with Gasteiger partial charge in [-0.25, -0.2) is 8.42 Å². The maximum absolute atomic E-state index is 12.6. The molecule has 2 aromatic heterocycles. The number of rotatable bonds is 4. The molecule has 0 amide bonds. The largest absolute Gasteiger partial charge is 0.280 e. The van der Waals surface area contributed by atoms with Gasteiger partial charge in [-0.2, -0.15) is 9.61 Å². The predicted octanol–water partition coefficient (Wildman–Crippen LogP) is 3.55. The maximum atomic E-state index is 12.6. The Kier molecular flexibility index (Phi) is 4.29. The minimum absolute atomic E-state index is 0.136. The smallest absolute Gasteiger partial charge is 0.261 e. The molecule has 0 radical (unpaired) electrons. The fraction of sp³-hybridized carbons (Fsp3) is 0.0556. The molecule has 2 heterocycles. The number of hydrogen-bond donors (Lipinski definition) is 1. The second-order valence-electron chi connectivity index (χ2n) is 5.88. The van der Waals surface area contributed by atoms with E-state index in [0.717, 1.165) is 5.56 Å². The van der Waals surface area contributed by atoms with Gasteiger partial charge in [0.1, 0.15) is 0 Å². The number of halogens is 1. The zero-order valence-electron chi connectivity index (χ0n) is 14.2. The summed E-state index contributed by atoms with van der Waals surface area (Å²) in [6.07, 6.45) is 0. The molecule has 4 rings (SSSR count). The molecule has 136 valence electrons. The van der Waals surface area contributed by atoms with Crippen LogP contribution in [0.2, 0.25) is 5.02 Å². The predicted molar refractivity (Wildman–Crippen MR) is 103 cm³/mol. The van der Waals surface area contributed by atoms with Gasteiger partial charge in [0.2, 0.25) is 0 Å². The van der Waals surface area contributed by atoms with Crippen LogP contribution in [0.5, 0.6) is 0 Å². The van der Waals surface area contributed by atoms with Gasteiger partial charge in [0.25, 0.3) is 10.0 Å². The molecule has 0 spiro atoms. The van der Waals surface area contributed by atoms with E-state index in [2.05, 4.69) is 20.0 Å². The minimum Gasteiger partial charge on any atom is -0.280 e. The normalized spacial score (nSPS) is 11.6. The van der Waals surface area contributed by atoms with Gasteiger partial charge in [0, 0.05) is 16.3 Å². The standard InChI is InChI=1S/C18H14ClN5O2S/c1-12-20-21-18-10-9-17(22-24(12)18)13-3-2-4-15(11-13)23-27(25,26)16-7-5-14(19)6-8-16/h2-11,23H,1H3. The molecule has 0 aliphatic rings. The van der Waals surface area contributed by atoms with Crippen molar-refractivity contribution in [2.24, 2.45) is 0 Å². The van der Waals surface area contributed by atoms with Crippen molar-refractivity contribution in [2.75, 3.05) is 4.72 Å². The Hall–Kier alpha value is -2.97. The number of anilines is 1. The molecular formula is C18H14ClN5O2S. The Morgan fingerprint density at radius 3 is 2.56 bits per heavy atom. The molecule has 4 aromatic rings. The van der Waals surface area contributed by atoms with E-state index in [1.165, 1.54) is 24.3 Å². The van der Waals surface area contributed by atoms with Crippen LogP contribution in [-0.4, -0.2) is 28.2 Å². The number of aromatic nitrogens is 4. The van der Waals surface area contributed by atoms with Crippen LogP contribution in [0.3, 0.4) is 0 Å². The number of sulfonamides is 1. The van der Waals surface area contributed by atoms with Crippen molar-refractivity contribution in [1.82, 2.24) is 19.8 Å². The number of aryl methyl sites for hydroxylation is 1. The van der Waals surface area contributed by atoms with Crippen molar-refractivity contribution in [3.05, 3.63) is 71.5 Å². The summed E-state index contributed by atoms with van der Waals surface area (Å²) in [7, 11) is -3.72. The second-order valence-corrected chi connectivity index (χ2v) is 7.99. The Labute approximate surface area is 160 Å². The van der Waals surface area contributed by atoms with E-state index in [1.807, 2.05) is 25.1 Å². The van der Waals surface area contributed by atoms with Gasteiger partial charge in [-0.1, -0.05) is 23.7 Å². The van der Waals surface area contributed by atoms with Crippen LogP contribution in [0.1, 0.15) is 5.82 Å². The molecule has 0 saturated carbocycles. The Morgan fingerprint density at radius 1 is 1.00 bits per heavy atom. The van der Waals surface area contributed by atoms with Gasteiger partial charge in [0.15, 0.2) is 11.5 Å². The first kappa shape index (κ1) is 17.4. The van der Waals surface area contributed by atoms with E-state index >= 15 is 0 Å². The fourth-order valence-electron chi connectivity index (χ4n) is 2.62. The van der Waals surface area contributed by atoms with Crippen molar-refractivity contribution in [1.29, 1.82) is 0 Å². The van der Waals surface area contributed by atoms with Crippen LogP contribution in [0.4, 0.5) is 5.69 Å². The summed E-state index contributed by atoms with van der Waals surface area (Å²) < 4.78 is 29.3. The summed E-state index contributed by atoms with van der Waals surface area (Å²) in [6.45, 7) is 1.81. The van der Waals surface area contributed by atoms with Crippen molar-refractivity contribution in [3.8, 4) is 11.3 Å². The number of hydrogen-bond acceptors (Lipinski definition) is 5. The number of nitrogens with zero attached hydrogens (tertiary/aromatic N) is 4. The van der Waals surface area contributed by atoms with Gasteiger partial charge < -0.3 is 0 Å². The zero-order chi connectivity index (χ0) is 19.0. The highest BCUT2D eigenvalue weighted by molar-refractivity contribution is 7.92. The average molecular weight is 400 g/mol. The van der Waals surface area contributed by atoms with Gasteiger partial charge in [-0.3, -0.25) is 4.72 Å². The van der Waals surface area contributed by atoms with Crippen LogP contribution in [-0.2, 0) is 10.0 Å². The Bertz CT molecular complexity index is 1240. The van der Waals surface area contributed by atoms with E-state index in [1.54, 1.807) is 22.7 Å². The lowest BCUT2D eigenvalue weighted by Gasteiger charge is -2.10. The second kappa shape index (κ2) is 6.64. The quantitative estimate of drug-likeness (QED) is 0.566. The molecule has 0 aliphatic heterocycles. The van der Waals surface area contributed by atoms with E-state index in [9.17, 15) is 8.42 Å². The Morgan fingerprint density at radius 2 is 1.78 bits per heavy atom. The molecule has 0 atom stereocenters. The van der Waals surface area contributed by atoms with E-state index in [4.69, 9.17) is 11.6 Å². The van der Waals surface area contributed by atoms with Crippen LogP contribution in [0, 0.1) is 6.92 Å². The lowest BCUT2D eigenvalue weighted by atomic mass is 10.1. The van der Waals surface area contributed by atoms with Crippen LogP contribution >= 0.6 is 11.6 Å². The molecule has 0 bridgehead atoms. The van der Waals surface area contributed by atoms with Crippen molar-refractivity contribution in [3.63, 3.8) is 0 Å². The summed E-state index contributed by atoms with van der Waals surface area (Å²) in [5, 5.41) is 13.0. The SMILES string of the molecule is Cc1nnc2ccc(-c3cccc(NS(=O)(=O)c4ccc(Cl)cc4)c3)nn12. The topological polar surface area (TPSA) is 89.2 Å². The molecule has 1 N–H and O–H groups in total. The summed E-state index contributed by atoms with van der Waals surface area (Å²) in [5.74, 6) is 0.673. The molecule has 27 heavy (non-hydrogen) atoms. The molecule has 0 fully saturated rings. The van der Waals surface area contributed by atoms with Gasteiger partial charge in [0.05, 0.1) is 10.6 Å². The fourth-order valence-corrected chi connectivity index (χ4v) is 3.80. The van der Waals surface area contributed by atoms with E-state index in [-0.39, 0.29) is 4.90 Å². The van der Waals surface area contributed by atoms with Crippen LogP contribution in [0.15, 0.2) is 65.6 Å². The molecule has 0 saturated heterocycles. The summed E-state index contributed by atoms with van der Waals surface area (Å²) in [5.41, 5.74) is 2.53. The van der Waals surface area contributed by atoms with Crippen molar-refractivity contribution >= 4 is 33.0 Å². The lowest BCUT2D eigenvalue weighted by molar-refractivity contribution is 0.601. The zero-order valence-corrected chi connectivity index (χ0v) is 15.7. The number of nitrogens with one attached hydrogen (secondary N) is 1. The van der Waals surface area contributed by atoms with Crippen molar-refractivity contribution in [2.45, 2.75) is 11.8 Å². The first-order chi connectivity index (χ1) is 12.9. The third-order valence-electron chi connectivity index (χ3n) is 3.95. The minimum atomic E-state index is -3.72. The summed E-state index contributed by atoms with van der Waals surface area (Å²) in [6, 6.07) is 16.6. The lowest BCUT2D eigenvalue weighted by Crippen LogP contribution is -2.12. The third-order valence-corrected chi connectivity index (χ3v) is 5.60. The average Bonchev–Trinajstić information content (AvgIpc) is 3.02. The highest BCUT2D eigenvalue weighted by Gasteiger charge is 2.14. The molecule has 7 nitrogen and oxygen atoms in total. The van der Waals surface area contributed by atoms with Crippen molar-refractivity contribution < 1.29 is 8.42 Å².